The molecule has 620 valence electrons. The van der Waals surface area contributed by atoms with Gasteiger partial charge in [0, 0.05) is 43.2 Å². The first-order valence-electron chi connectivity index (χ1n) is 37.1. The molecule has 0 spiro atoms. The van der Waals surface area contributed by atoms with Crippen LogP contribution in [0.3, 0.4) is 0 Å². The van der Waals surface area contributed by atoms with Crippen molar-refractivity contribution in [2.45, 2.75) is 78.7 Å². The summed E-state index contributed by atoms with van der Waals surface area (Å²) in [6.45, 7) is 13.4. The molecule has 17 N–H and O–H groups in total. The highest BCUT2D eigenvalue weighted by Gasteiger charge is 2.38. The van der Waals surface area contributed by atoms with Crippen LogP contribution in [0.4, 0.5) is 0 Å². The normalized spacial score (nSPS) is 17.2. The van der Waals surface area contributed by atoms with Crippen LogP contribution in [0.5, 0.6) is 17.2 Å². The Hall–Kier alpha value is -13.0. The van der Waals surface area contributed by atoms with E-state index in [2.05, 4.69) is 51.5 Å². The van der Waals surface area contributed by atoms with Gasteiger partial charge in [0.05, 0.1) is 95.1 Å². The third-order valence-corrected chi connectivity index (χ3v) is 19.0. The fourth-order valence-electron chi connectivity index (χ4n) is 12.8. The fraction of sp³-hybridized carbons (Fsp3) is 0.209. The summed E-state index contributed by atoms with van der Waals surface area (Å²) >= 11 is 30.3. The molecule has 0 radical (unpaired) electrons. The summed E-state index contributed by atoms with van der Waals surface area (Å²) in [4.78, 5) is 84.2. The van der Waals surface area contributed by atoms with E-state index in [0.717, 1.165) is 27.8 Å². The molecule has 0 bridgehead atoms. The van der Waals surface area contributed by atoms with Crippen molar-refractivity contribution in [1.29, 1.82) is 0 Å². The maximum absolute atomic E-state index is 12.7. The summed E-state index contributed by atoms with van der Waals surface area (Å²) in [5.74, 6) is -1.18. The molecule has 33 heteroatoms. The van der Waals surface area contributed by atoms with Crippen molar-refractivity contribution in [2.24, 2.45) is 53.6 Å². The van der Waals surface area contributed by atoms with Gasteiger partial charge in [-0.05, 0) is 119 Å². The number of nitrogens with two attached hydrogens (primary N) is 5. The first-order valence-corrected chi connectivity index (χ1v) is 39.0. The summed E-state index contributed by atoms with van der Waals surface area (Å²) in [5, 5.41) is 36.7. The highest BCUT2D eigenvalue weighted by atomic mass is 35.5. The van der Waals surface area contributed by atoms with Crippen molar-refractivity contribution < 1.29 is 62.6 Å². The lowest BCUT2D eigenvalue weighted by Crippen LogP contribution is -2.37. The number of methoxy groups -OCH3 is 1. The lowest BCUT2D eigenvalue weighted by atomic mass is 9.93. The maximum atomic E-state index is 12.7. The van der Waals surface area contributed by atoms with Crippen LogP contribution in [-0.2, 0) is 47.7 Å². The zero-order valence-corrected chi connectivity index (χ0v) is 69.6. The third-order valence-electron chi connectivity index (χ3n) is 17.8. The number of esters is 5. The van der Waals surface area contributed by atoms with E-state index in [1.807, 2.05) is 133 Å². The van der Waals surface area contributed by atoms with E-state index in [1.165, 1.54) is 19.2 Å². The Labute approximate surface area is 712 Å². The third kappa shape index (κ3) is 22.8. The van der Waals surface area contributed by atoms with Gasteiger partial charge in [0.25, 0.3) is 0 Å². The van der Waals surface area contributed by atoms with Crippen molar-refractivity contribution in [3.8, 4) is 17.2 Å². The molecule has 8 aromatic carbocycles. The molecule has 0 aliphatic carbocycles. The van der Waals surface area contributed by atoms with Gasteiger partial charge in [-0.25, -0.2) is 48.9 Å². The minimum Gasteiger partial charge on any atom is -0.508 e. The van der Waals surface area contributed by atoms with Gasteiger partial charge < -0.3 is 93.9 Å². The standard InChI is InChI=1S/C19H18ClN3O2.C19H19N3O3.C19H19N3O2.C15H17Cl2N3O3.C14H15Cl2N3O3/c1-2-25-18(24)15-16(12-7-4-3-5-8-12)22-19(21)23-17(15)13-9-6-10-14(20)11-13;1-2-25-18(24)15-16(12-8-4-3-5-9-12)21-19(20)22-17(15)13-10-6-7-11-14(13)23;1-2-24-18(23)15-16(13-9-5-3-6-10-13)21-19(20)22-17(15)14-11-7-4-8-12-14;1-4-23-14(21)11-7(2)19-15(18)20-12(11)9-5-8(16)6-10(17)13(9)22-3;1-3-22-13(21)10-6(2)18-14(17)19-11(10)8-4-7(15)5-9(16)12(8)20/h3-11,17H,2H2,1H3,(H3,21,22,23);3-11,17,23H,2H2,1H3,(H3,20,21,22);3-12,16H,2H2,1H3,(H3,20,21,22);5-6,12H,4H2,1-3H3,(H3,18,19,20);4-5,11,20H,3H2,1-2H3,(H3,17,18,19). The average Bonchev–Trinajstić information content (AvgIpc) is 0.849. The van der Waals surface area contributed by atoms with Gasteiger partial charge in [-0.2, -0.15) is 0 Å². The van der Waals surface area contributed by atoms with Crippen LogP contribution >= 0.6 is 58.0 Å². The zero-order chi connectivity index (χ0) is 86.1. The first kappa shape index (κ1) is 89.9. The molecule has 8 aromatic rings. The number of phenols is 2. The SMILES string of the molecule is CCOC(=O)C1=C(C)NC(N)=NC1c1cc(Cl)cc(Cl)c1O.CCOC(=O)C1=C(C)NC(N)=NC1c1cc(Cl)cc(Cl)c1OC.CCOC(=O)C1=C(c2ccccc2)NC(N)=NC1c1cccc(Cl)c1.CCOC(=O)C1=C(c2ccccc2)NC(N)=NC1c1ccccc1.CCOC(=O)C1=C(c2ccccc2)NC(N)=NC1c1ccccc1O. The lowest BCUT2D eigenvalue weighted by Gasteiger charge is -2.26. The molecule has 5 aliphatic rings. The summed E-state index contributed by atoms with van der Waals surface area (Å²) < 4.78 is 31.3. The van der Waals surface area contributed by atoms with Crippen molar-refractivity contribution in [2.75, 3.05) is 40.1 Å². The highest BCUT2D eigenvalue weighted by Crippen LogP contribution is 2.45. The molecule has 5 unspecified atom stereocenters. The van der Waals surface area contributed by atoms with E-state index >= 15 is 0 Å². The Morgan fingerprint density at radius 2 is 0.672 bits per heavy atom. The largest absolute Gasteiger partial charge is 0.508 e. The number of rotatable bonds is 19. The molecule has 0 fully saturated rings. The maximum Gasteiger partial charge on any atom is 0.338 e. The molecular weight excluding hydrogens is 1630 g/mol. The van der Waals surface area contributed by atoms with Gasteiger partial charge in [0.15, 0.2) is 29.8 Å². The highest BCUT2D eigenvalue weighted by molar-refractivity contribution is 6.36. The van der Waals surface area contributed by atoms with E-state index in [9.17, 15) is 34.2 Å². The van der Waals surface area contributed by atoms with Gasteiger partial charge in [-0.3, -0.25) is 0 Å². The first-order chi connectivity index (χ1) is 57.1. The van der Waals surface area contributed by atoms with Crippen molar-refractivity contribution in [3.05, 3.63) is 303 Å². The second-order valence-electron chi connectivity index (χ2n) is 25.7. The van der Waals surface area contributed by atoms with Crippen molar-refractivity contribution in [1.82, 2.24) is 26.6 Å². The lowest BCUT2D eigenvalue weighted by molar-refractivity contribution is -0.139. The number of para-hydroxylation sites is 1. The van der Waals surface area contributed by atoms with Crippen LogP contribution in [0.1, 0.15) is 123 Å². The minimum atomic E-state index is -0.850. The number of hydrogen-bond acceptors (Lipinski definition) is 28. The number of benzene rings is 8. The Balaban J connectivity index is 0.000000170. The second-order valence-corrected chi connectivity index (χ2v) is 27.8. The molecule has 119 heavy (non-hydrogen) atoms. The molecule has 5 heterocycles. The van der Waals surface area contributed by atoms with Crippen LogP contribution in [0.25, 0.3) is 17.1 Å². The van der Waals surface area contributed by atoms with Crippen molar-refractivity contribution >= 4 is 135 Å². The van der Waals surface area contributed by atoms with E-state index in [1.54, 1.807) is 97.0 Å². The summed E-state index contributed by atoms with van der Waals surface area (Å²) in [6.07, 6.45) is 0. The Morgan fingerprint density at radius 1 is 0.353 bits per heavy atom. The van der Waals surface area contributed by atoms with E-state index < -0.39 is 60.1 Å². The number of ether oxygens (including phenoxy) is 6. The van der Waals surface area contributed by atoms with Crippen LogP contribution in [0.15, 0.2) is 258 Å². The number of nitrogens with zero attached hydrogens (tertiary/aromatic N) is 5. The fourth-order valence-corrected chi connectivity index (χ4v) is 14.1. The van der Waals surface area contributed by atoms with Gasteiger partial charge >= 0.3 is 29.8 Å². The number of hydrogen-bond donors (Lipinski definition) is 12. The van der Waals surface area contributed by atoms with Crippen LogP contribution in [0.2, 0.25) is 25.1 Å². The number of carbonyl (C=O) groups is 5. The molecule has 28 nitrogen and oxygen atoms in total. The van der Waals surface area contributed by atoms with Gasteiger partial charge in [-0.1, -0.05) is 210 Å². The Bertz CT molecular complexity index is 5400. The quantitative estimate of drug-likeness (QED) is 0.0264. The second kappa shape index (κ2) is 42.8. The molecule has 5 atom stereocenters. The number of aliphatic imine (C=N–C) groups is 5. The number of halogens is 5. The van der Waals surface area contributed by atoms with E-state index in [-0.39, 0.29) is 83.9 Å². The van der Waals surface area contributed by atoms with E-state index in [4.69, 9.17) is 115 Å². The molecule has 0 saturated carbocycles. The summed E-state index contributed by atoms with van der Waals surface area (Å²) in [6, 6.07) is 54.6. The minimum absolute atomic E-state index is 0.0418. The molecule has 0 aromatic heterocycles. The number of carbonyl (C=O) groups excluding carboxylic acids is 5. The van der Waals surface area contributed by atoms with E-state index in [0.29, 0.717) is 94.4 Å². The predicted octanol–water partition coefficient (Wildman–Crippen LogP) is 13.5. The number of guanidine groups is 5. The van der Waals surface area contributed by atoms with Gasteiger partial charge in [0.1, 0.15) is 47.5 Å². The number of nitrogens with one attached hydrogen (secondary N) is 5. The molecular formula is C86H88Cl5N15O13. The summed E-state index contributed by atoms with van der Waals surface area (Å²) in [7, 11) is 1.48. The average molecular weight is 1720 g/mol. The topological polar surface area (TPSA) is 433 Å². The number of allylic oxidation sites excluding steroid dienone is 2. The molecule has 0 amide bonds. The molecule has 13 rings (SSSR count). The molecule has 0 saturated heterocycles. The van der Waals surface area contributed by atoms with Gasteiger partial charge in [-0.15, -0.1) is 0 Å². The monoisotopic (exact) mass is 1710 g/mol. The van der Waals surface area contributed by atoms with Crippen LogP contribution in [0, 0.1) is 0 Å². The van der Waals surface area contributed by atoms with Crippen LogP contribution < -0.4 is 60.0 Å². The zero-order valence-electron chi connectivity index (χ0n) is 65.8. The number of phenolic OH excluding ortho intramolecular Hbond substituents is 2. The molecule has 5 aliphatic heterocycles. The van der Waals surface area contributed by atoms with Gasteiger partial charge in [0.2, 0.25) is 0 Å². The Morgan fingerprint density at radius 3 is 1.07 bits per heavy atom. The van der Waals surface area contributed by atoms with Crippen molar-refractivity contribution in [3.63, 3.8) is 0 Å². The Kier molecular flexibility index (Phi) is 32.3. The smallest absolute Gasteiger partial charge is 0.338 e. The predicted molar refractivity (Wildman–Crippen MR) is 463 cm³/mol. The number of aromatic hydroxyl groups is 2. The van der Waals surface area contributed by atoms with Crippen LogP contribution in [-0.4, -0.2) is 110 Å². The summed E-state index contributed by atoms with van der Waals surface area (Å²) in [5.41, 5.74) is 39.4.